The van der Waals surface area contributed by atoms with Crippen LogP contribution < -0.4 is 51.4 Å². The number of aliphatic hydroxyl groups is 1. The van der Waals surface area contributed by atoms with Gasteiger partial charge < -0.3 is 11.5 Å². The minimum atomic E-state index is 0. The third-order valence-electron chi connectivity index (χ3n) is 1.32. The molecule has 1 aliphatic carbocycles. The Morgan fingerprint density at radius 3 is 1.56 bits per heavy atom. The van der Waals surface area contributed by atoms with Crippen LogP contribution in [0.3, 0.4) is 0 Å². The maximum absolute atomic E-state index is 7.00. The Kier molecular flexibility index (Phi) is 18.0. The van der Waals surface area contributed by atoms with Crippen molar-refractivity contribution in [3.63, 3.8) is 0 Å². The molecule has 9 heavy (non-hydrogen) atoms. The summed E-state index contributed by atoms with van der Waals surface area (Å²) in [6, 6.07) is 0. The average Bonchev–Trinajstić information content (AvgIpc) is 1.96. The van der Waals surface area contributed by atoms with Gasteiger partial charge in [-0.25, -0.2) is 0 Å². The molecule has 0 saturated heterocycles. The Balaban J connectivity index is 0. The van der Waals surface area contributed by atoms with Crippen LogP contribution in [0, 0.1) is 6.42 Å². The third kappa shape index (κ3) is 9.60. The van der Waals surface area contributed by atoms with E-state index in [0.29, 0.717) is 0 Å². The molecule has 1 aliphatic rings. The van der Waals surface area contributed by atoms with Crippen LogP contribution in [-0.2, 0) is 0 Å². The van der Waals surface area contributed by atoms with E-state index in [0.717, 1.165) is 7.11 Å². The molecule has 0 radical (unpaired) electrons. The number of hydrogen-bond acceptors (Lipinski definition) is 1. The van der Waals surface area contributed by atoms with E-state index in [1.165, 1.54) is 32.1 Å². The van der Waals surface area contributed by atoms with Crippen LogP contribution in [-0.4, -0.2) is 12.2 Å². The fourth-order valence-corrected chi connectivity index (χ4v) is 0.898. The van der Waals surface area contributed by atoms with Crippen LogP contribution in [0.5, 0.6) is 0 Å². The third-order valence-corrected chi connectivity index (χ3v) is 1.32. The molecule has 1 nitrogen and oxygen atoms in total. The number of hydrogen-bond donors (Lipinski definition) is 1. The summed E-state index contributed by atoms with van der Waals surface area (Å²) in [7, 11) is 1.00. The van der Waals surface area contributed by atoms with Gasteiger partial charge in [-0.05, 0) is 0 Å². The number of aliphatic hydroxyl groups excluding tert-OH is 1. The van der Waals surface area contributed by atoms with E-state index < -0.39 is 0 Å². The van der Waals surface area contributed by atoms with E-state index in [4.69, 9.17) is 5.11 Å². The van der Waals surface area contributed by atoms with E-state index in [9.17, 15) is 0 Å². The molecule has 1 rings (SSSR count). The van der Waals surface area contributed by atoms with Crippen molar-refractivity contribution in [3.8, 4) is 0 Å². The normalized spacial score (nSPS) is 16.7. The van der Waals surface area contributed by atoms with Crippen molar-refractivity contribution in [3.05, 3.63) is 6.42 Å². The molecule has 0 aromatic heterocycles. The van der Waals surface area contributed by atoms with Gasteiger partial charge in [0, 0.05) is 7.11 Å². The second-order valence-corrected chi connectivity index (χ2v) is 1.93. The molecule has 50 valence electrons. The summed E-state index contributed by atoms with van der Waals surface area (Å²) in [6.45, 7) is 0. The van der Waals surface area contributed by atoms with Crippen molar-refractivity contribution in [2.45, 2.75) is 32.1 Å². The van der Waals surface area contributed by atoms with Gasteiger partial charge in [0.2, 0.25) is 0 Å². The maximum atomic E-state index is 7.00. The van der Waals surface area contributed by atoms with Crippen molar-refractivity contribution in [2.24, 2.45) is 0 Å². The first-order valence-corrected chi connectivity index (χ1v) is 3.26. The van der Waals surface area contributed by atoms with E-state index in [-0.39, 0.29) is 51.4 Å². The maximum Gasteiger partial charge on any atom is 1.00 e. The van der Waals surface area contributed by atoms with Crippen molar-refractivity contribution < 1.29 is 56.5 Å². The molecule has 0 amide bonds. The molecular weight excluding hydrogens is 139 g/mol. The van der Waals surface area contributed by atoms with Crippen LogP contribution in [0.25, 0.3) is 0 Å². The van der Waals surface area contributed by atoms with Crippen LogP contribution in [0.2, 0.25) is 0 Å². The van der Waals surface area contributed by atoms with Gasteiger partial charge >= 0.3 is 51.4 Å². The Bertz CT molecular complexity index is 24.4. The van der Waals surface area contributed by atoms with E-state index in [2.05, 4.69) is 6.42 Å². The molecule has 1 fully saturated rings. The molecule has 0 aromatic carbocycles. The SMILES string of the molecule is CO.[CH-]1CCCCC1.[K+]. The molecule has 0 heterocycles. The summed E-state index contributed by atoms with van der Waals surface area (Å²) in [6.07, 6.45) is 9.50. The first-order valence-electron chi connectivity index (χ1n) is 3.26. The van der Waals surface area contributed by atoms with Gasteiger partial charge in [0.05, 0.1) is 0 Å². The number of rotatable bonds is 0. The summed E-state index contributed by atoms with van der Waals surface area (Å²) in [5, 5.41) is 7.00. The predicted molar refractivity (Wildman–Crippen MR) is 35.5 cm³/mol. The van der Waals surface area contributed by atoms with Crippen molar-refractivity contribution in [1.82, 2.24) is 0 Å². The van der Waals surface area contributed by atoms with Gasteiger partial charge in [-0.15, -0.1) is 0 Å². The van der Waals surface area contributed by atoms with E-state index >= 15 is 0 Å². The minimum Gasteiger partial charge on any atom is -0.400 e. The van der Waals surface area contributed by atoms with Crippen molar-refractivity contribution in [1.29, 1.82) is 0 Å². The summed E-state index contributed by atoms with van der Waals surface area (Å²) >= 11 is 0. The van der Waals surface area contributed by atoms with Crippen LogP contribution in [0.15, 0.2) is 0 Å². The van der Waals surface area contributed by atoms with Crippen molar-refractivity contribution in [2.75, 3.05) is 7.11 Å². The Morgan fingerprint density at radius 2 is 1.44 bits per heavy atom. The van der Waals surface area contributed by atoms with Crippen molar-refractivity contribution >= 4 is 0 Å². The largest absolute Gasteiger partial charge is 1.00 e. The molecule has 1 saturated carbocycles. The fraction of sp³-hybridized carbons (Fsp3) is 0.857. The zero-order valence-corrected chi connectivity index (χ0v) is 9.68. The quantitative estimate of drug-likeness (QED) is 0.342. The summed E-state index contributed by atoms with van der Waals surface area (Å²) < 4.78 is 0. The van der Waals surface area contributed by atoms with Crippen LogP contribution >= 0.6 is 0 Å². The van der Waals surface area contributed by atoms with Gasteiger partial charge in [-0.3, -0.25) is 0 Å². The van der Waals surface area contributed by atoms with Crippen LogP contribution in [0.1, 0.15) is 32.1 Å². The van der Waals surface area contributed by atoms with Gasteiger partial charge in [0.15, 0.2) is 0 Å². The molecule has 0 bridgehead atoms. The standard InChI is InChI=1S/C6H11.CH4O.K/c1-2-4-6-5-3-1;1-2;/h1H,2-6H2;2H,1H3;/q-1;;+1. The monoisotopic (exact) mass is 154 g/mol. The minimum absolute atomic E-state index is 0. The molecule has 2 heteroatoms. The van der Waals surface area contributed by atoms with Crippen LogP contribution in [0.4, 0.5) is 0 Å². The molecule has 0 atom stereocenters. The molecule has 0 aliphatic heterocycles. The Morgan fingerprint density at radius 1 is 1.00 bits per heavy atom. The van der Waals surface area contributed by atoms with Gasteiger partial charge in [0.25, 0.3) is 0 Å². The smallest absolute Gasteiger partial charge is 0.400 e. The second-order valence-electron chi connectivity index (χ2n) is 1.93. The topological polar surface area (TPSA) is 20.2 Å². The van der Waals surface area contributed by atoms with E-state index in [1.54, 1.807) is 0 Å². The first kappa shape index (κ1) is 13.2. The molecule has 1 N–H and O–H groups in total. The fourth-order valence-electron chi connectivity index (χ4n) is 0.898. The summed E-state index contributed by atoms with van der Waals surface area (Å²) in [5.74, 6) is 0. The second kappa shape index (κ2) is 12.3. The molecular formula is C7H15KO. The van der Waals surface area contributed by atoms with Gasteiger partial charge in [-0.2, -0.15) is 12.8 Å². The Labute approximate surface area is 101 Å². The zero-order chi connectivity index (χ0) is 6.24. The molecule has 0 spiro atoms. The van der Waals surface area contributed by atoms with Gasteiger partial charge in [0.1, 0.15) is 0 Å². The zero-order valence-electron chi connectivity index (χ0n) is 6.56. The molecule has 0 aromatic rings. The first-order chi connectivity index (χ1) is 4.00. The van der Waals surface area contributed by atoms with Gasteiger partial charge in [-0.1, -0.05) is 19.3 Å². The van der Waals surface area contributed by atoms with E-state index in [1.807, 2.05) is 0 Å². The molecule has 0 unspecified atom stereocenters. The summed E-state index contributed by atoms with van der Waals surface area (Å²) in [5.41, 5.74) is 0. The average molecular weight is 154 g/mol. The predicted octanol–water partition coefficient (Wildman–Crippen LogP) is -1.23. The summed E-state index contributed by atoms with van der Waals surface area (Å²) in [4.78, 5) is 0. The Hall–Kier alpha value is 1.60.